The minimum atomic E-state index is -0.376. The van der Waals surface area contributed by atoms with Crippen LogP contribution in [0.1, 0.15) is 29.3 Å². The van der Waals surface area contributed by atoms with Gasteiger partial charge in [0.25, 0.3) is 0 Å². The Bertz CT molecular complexity index is 992. The number of ketones is 1. The number of ether oxygens (including phenoxy) is 1. The van der Waals surface area contributed by atoms with E-state index in [1.54, 1.807) is 24.3 Å². The average Bonchev–Trinajstić information content (AvgIpc) is 2.66. The van der Waals surface area contributed by atoms with Crippen LogP contribution in [0.3, 0.4) is 0 Å². The van der Waals surface area contributed by atoms with E-state index in [4.69, 9.17) is 0 Å². The van der Waals surface area contributed by atoms with Crippen LogP contribution in [0.25, 0.3) is 21.9 Å². The molecular weight excluding hydrogens is 331 g/mol. The molecule has 0 unspecified atom stereocenters. The fourth-order valence-electron chi connectivity index (χ4n) is 3.06. The van der Waals surface area contributed by atoms with Crippen LogP contribution >= 0.6 is 0 Å². The summed E-state index contributed by atoms with van der Waals surface area (Å²) < 4.78 is 19.8. The zero-order valence-corrected chi connectivity index (χ0v) is 14.7. The Morgan fingerprint density at radius 2 is 1.77 bits per heavy atom. The fourth-order valence-corrected chi connectivity index (χ4v) is 3.06. The highest BCUT2D eigenvalue weighted by atomic mass is 19.1. The largest absolute Gasteiger partial charge is 0.469 e. The number of rotatable bonds is 5. The second-order valence-electron chi connectivity index (χ2n) is 6.16. The SMILES string of the molecule is COC(=O)CCc1cccc(-c2cc(C(C)=O)cc3ccccc23)c1F. The summed E-state index contributed by atoms with van der Waals surface area (Å²) in [4.78, 5) is 23.3. The molecule has 26 heavy (non-hydrogen) atoms. The summed E-state index contributed by atoms with van der Waals surface area (Å²) >= 11 is 0. The monoisotopic (exact) mass is 350 g/mol. The van der Waals surface area contributed by atoms with E-state index in [-0.39, 0.29) is 30.4 Å². The van der Waals surface area contributed by atoms with Gasteiger partial charge in [0.2, 0.25) is 0 Å². The van der Waals surface area contributed by atoms with Crippen molar-refractivity contribution in [2.24, 2.45) is 0 Å². The molecule has 3 nitrogen and oxygen atoms in total. The van der Waals surface area contributed by atoms with Crippen molar-refractivity contribution in [2.75, 3.05) is 7.11 Å². The Kier molecular flexibility index (Phi) is 5.12. The summed E-state index contributed by atoms with van der Waals surface area (Å²) in [6.45, 7) is 1.50. The maximum absolute atomic E-state index is 15.1. The first-order valence-corrected chi connectivity index (χ1v) is 8.39. The van der Waals surface area contributed by atoms with Crippen molar-refractivity contribution in [1.29, 1.82) is 0 Å². The third-order valence-electron chi connectivity index (χ3n) is 4.46. The molecule has 0 bridgehead atoms. The van der Waals surface area contributed by atoms with Crippen LogP contribution in [0.4, 0.5) is 4.39 Å². The smallest absolute Gasteiger partial charge is 0.305 e. The Morgan fingerprint density at radius 1 is 1.00 bits per heavy atom. The van der Waals surface area contributed by atoms with E-state index in [0.717, 1.165) is 10.8 Å². The van der Waals surface area contributed by atoms with Crippen molar-refractivity contribution in [3.05, 3.63) is 71.5 Å². The van der Waals surface area contributed by atoms with Crippen molar-refractivity contribution in [3.63, 3.8) is 0 Å². The Labute approximate surface area is 151 Å². The molecule has 0 aromatic heterocycles. The van der Waals surface area contributed by atoms with Gasteiger partial charge in [-0.25, -0.2) is 4.39 Å². The molecule has 0 heterocycles. The zero-order valence-electron chi connectivity index (χ0n) is 14.7. The predicted molar refractivity (Wildman–Crippen MR) is 99.7 cm³/mol. The van der Waals surface area contributed by atoms with Crippen molar-refractivity contribution in [1.82, 2.24) is 0 Å². The topological polar surface area (TPSA) is 43.4 Å². The maximum atomic E-state index is 15.1. The molecule has 0 fully saturated rings. The van der Waals surface area contributed by atoms with Crippen LogP contribution < -0.4 is 0 Å². The first-order chi connectivity index (χ1) is 12.5. The number of methoxy groups -OCH3 is 1. The molecule has 0 aliphatic rings. The standard InChI is InChI=1S/C22H19FO3/c1-14(24)17-12-16-6-3-4-8-18(16)20(13-17)19-9-5-7-15(22(19)23)10-11-21(25)26-2/h3-9,12-13H,10-11H2,1-2H3. The Morgan fingerprint density at radius 3 is 2.50 bits per heavy atom. The minimum Gasteiger partial charge on any atom is -0.469 e. The van der Waals surface area contributed by atoms with Gasteiger partial charge in [-0.05, 0) is 47.4 Å². The van der Waals surface area contributed by atoms with Crippen LogP contribution in [-0.2, 0) is 16.0 Å². The Hall–Kier alpha value is -3.01. The lowest BCUT2D eigenvalue weighted by molar-refractivity contribution is -0.140. The summed E-state index contributed by atoms with van der Waals surface area (Å²) in [5, 5.41) is 1.76. The number of carbonyl (C=O) groups is 2. The summed E-state index contributed by atoms with van der Waals surface area (Å²) in [5.41, 5.74) is 2.08. The summed E-state index contributed by atoms with van der Waals surface area (Å²) in [6.07, 6.45) is 0.377. The first kappa shape index (κ1) is 17.8. The van der Waals surface area contributed by atoms with Crippen LogP contribution in [0, 0.1) is 5.82 Å². The fraction of sp³-hybridized carbons (Fsp3) is 0.182. The van der Waals surface area contributed by atoms with E-state index < -0.39 is 0 Å². The molecular formula is C22H19FO3. The molecule has 0 atom stereocenters. The molecule has 0 radical (unpaired) electrons. The highest BCUT2D eigenvalue weighted by Crippen LogP contribution is 2.33. The second kappa shape index (κ2) is 7.48. The lowest BCUT2D eigenvalue weighted by Gasteiger charge is -2.12. The van der Waals surface area contributed by atoms with E-state index in [0.29, 0.717) is 22.3 Å². The van der Waals surface area contributed by atoms with Gasteiger partial charge in [0, 0.05) is 17.5 Å². The lowest BCUT2D eigenvalue weighted by Crippen LogP contribution is -2.04. The average molecular weight is 350 g/mol. The maximum Gasteiger partial charge on any atom is 0.305 e. The number of fused-ring (bicyclic) bond motifs is 1. The number of carbonyl (C=O) groups excluding carboxylic acids is 2. The molecule has 0 saturated heterocycles. The first-order valence-electron chi connectivity index (χ1n) is 8.39. The van der Waals surface area contributed by atoms with E-state index in [2.05, 4.69) is 4.74 Å². The number of halogens is 1. The minimum absolute atomic E-state index is 0.0701. The Balaban J connectivity index is 2.14. The summed E-state index contributed by atoms with van der Waals surface area (Å²) in [5.74, 6) is -0.819. The van der Waals surface area contributed by atoms with Gasteiger partial charge in [0.15, 0.2) is 5.78 Å². The molecule has 0 spiro atoms. The molecule has 132 valence electrons. The van der Waals surface area contributed by atoms with Gasteiger partial charge in [-0.15, -0.1) is 0 Å². The van der Waals surface area contributed by atoms with Crippen molar-refractivity contribution < 1.29 is 18.7 Å². The third-order valence-corrected chi connectivity index (χ3v) is 4.46. The molecule has 0 aliphatic heterocycles. The van der Waals surface area contributed by atoms with E-state index in [1.165, 1.54) is 14.0 Å². The molecule has 3 rings (SSSR count). The van der Waals surface area contributed by atoms with Crippen LogP contribution in [0.2, 0.25) is 0 Å². The molecule has 3 aromatic carbocycles. The highest BCUT2D eigenvalue weighted by Gasteiger charge is 2.15. The third kappa shape index (κ3) is 3.49. The van der Waals surface area contributed by atoms with Gasteiger partial charge in [0.05, 0.1) is 7.11 Å². The van der Waals surface area contributed by atoms with Crippen LogP contribution in [0.5, 0.6) is 0 Å². The van der Waals surface area contributed by atoms with E-state index in [9.17, 15) is 9.59 Å². The number of benzene rings is 3. The van der Waals surface area contributed by atoms with Gasteiger partial charge in [-0.2, -0.15) is 0 Å². The second-order valence-corrected chi connectivity index (χ2v) is 6.16. The van der Waals surface area contributed by atoms with Crippen molar-refractivity contribution in [3.8, 4) is 11.1 Å². The summed E-state index contributed by atoms with van der Waals surface area (Å²) in [7, 11) is 1.31. The van der Waals surface area contributed by atoms with Crippen LogP contribution in [-0.4, -0.2) is 18.9 Å². The zero-order chi connectivity index (χ0) is 18.7. The van der Waals surface area contributed by atoms with Gasteiger partial charge in [-0.1, -0.05) is 42.5 Å². The highest BCUT2D eigenvalue weighted by molar-refractivity contribution is 6.04. The molecule has 0 aliphatic carbocycles. The molecule has 4 heteroatoms. The number of aryl methyl sites for hydroxylation is 1. The number of hydrogen-bond donors (Lipinski definition) is 0. The predicted octanol–water partition coefficient (Wildman–Crippen LogP) is 4.95. The summed E-state index contributed by atoms with van der Waals surface area (Å²) in [6, 6.07) is 16.3. The van der Waals surface area contributed by atoms with Gasteiger partial charge in [0.1, 0.15) is 5.82 Å². The molecule has 3 aromatic rings. The molecule has 0 amide bonds. The number of Topliss-reactive ketones (excluding diaryl/α,β-unsaturated/α-hetero) is 1. The molecule has 0 saturated carbocycles. The van der Waals surface area contributed by atoms with Crippen molar-refractivity contribution >= 4 is 22.5 Å². The lowest BCUT2D eigenvalue weighted by atomic mass is 9.92. The molecule has 0 N–H and O–H groups in total. The van der Waals surface area contributed by atoms with Crippen LogP contribution in [0.15, 0.2) is 54.6 Å². The van der Waals surface area contributed by atoms with Gasteiger partial charge in [-0.3, -0.25) is 9.59 Å². The van der Waals surface area contributed by atoms with E-state index >= 15 is 4.39 Å². The number of esters is 1. The van der Waals surface area contributed by atoms with E-state index in [1.807, 2.05) is 30.3 Å². The number of hydrogen-bond acceptors (Lipinski definition) is 3. The quantitative estimate of drug-likeness (QED) is 0.483. The van der Waals surface area contributed by atoms with Gasteiger partial charge < -0.3 is 4.74 Å². The van der Waals surface area contributed by atoms with Gasteiger partial charge >= 0.3 is 5.97 Å². The normalized spacial score (nSPS) is 10.7. The van der Waals surface area contributed by atoms with Crippen molar-refractivity contribution in [2.45, 2.75) is 19.8 Å².